The smallest absolute Gasteiger partial charge is 0.303 e. The lowest BCUT2D eigenvalue weighted by Crippen LogP contribution is -2.28. The molecule has 0 spiro atoms. The summed E-state index contributed by atoms with van der Waals surface area (Å²) < 4.78 is 173. The number of unbranched alkanes of at least 4 members (excludes halogenated alkanes) is 2. The lowest BCUT2D eigenvalue weighted by molar-refractivity contribution is -0.137. The number of fused-ring (bicyclic) bond motifs is 4. The Morgan fingerprint density at radius 1 is 0.750 bits per heavy atom. The number of nitrogens with zero attached hydrogens (tertiary/aromatic N) is 1. The van der Waals surface area contributed by atoms with E-state index >= 15 is 0 Å². The Kier molecular flexibility index (Phi) is 17.8. The number of methoxy groups -OCH3 is 1. The van der Waals surface area contributed by atoms with Crippen LogP contribution in [-0.2, 0) is 70.9 Å². The third-order valence-electron chi connectivity index (χ3n) is 12.5. The van der Waals surface area contributed by atoms with Crippen LogP contribution in [-0.4, -0.2) is 104 Å². The van der Waals surface area contributed by atoms with Crippen LogP contribution >= 0.6 is 0 Å². The number of ether oxygens (including phenoxy) is 1. The lowest BCUT2D eigenvalue weighted by Gasteiger charge is -2.34. The van der Waals surface area contributed by atoms with Gasteiger partial charge in [0.1, 0.15) is 4.90 Å². The second kappa shape index (κ2) is 22.2. The van der Waals surface area contributed by atoms with Crippen molar-refractivity contribution in [1.82, 2.24) is 4.72 Å². The molecular weight excluding hydrogens is 1040 g/mol. The summed E-state index contributed by atoms with van der Waals surface area (Å²) in [6.07, 6.45) is 13.2. The fraction of sp³-hybridized carbons (Fsp3) is 0.354. The summed E-state index contributed by atoms with van der Waals surface area (Å²) in [4.78, 5) is 10.6. The molecule has 0 amide bonds. The maximum atomic E-state index is 13.6. The predicted molar refractivity (Wildman–Crippen MR) is 273 cm³/mol. The minimum Gasteiger partial charge on any atom is -0.481 e. The fourth-order valence-electron chi connectivity index (χ4n) is 9.16. The van der Waals surface area contributed by atoms with Crippen molar-refractivity contribution in [3.05, 3.63) is 126 Å². The molecule has 0 saturated heterocycles. The number of rotatable bonds is 24. The van der Waals surface area contributed by atoms with Crippen molar-refractivity contribution in [2.75, 3.05) is 37.5 Å². The molecule has 0 fully saturated rings. The van der Waals surface area contributed by atoms with Gasteiger partial charge in [-0.05, 0) is 102 Å². The molecule has 0 aromatic heterocycles. The Balaban J connectivity index is 1.57. The first-order valence-electron chi connectivity index (χ1n) is 22.2. The van der Waals surface area contributed by atoms with Gasteiger partial charge >= 0.3 is 5.97 Å². The van der Waals surface area contributed by atoms with Gasteiger partial charge in [-0.1, -0.05) is 88.4 Å². The van der Waals surface area contributed by atoms with Crippen LogP contribution in [0.15, 0.2) is 128 Å². The predicted octanol–water partition coefficient (Wildman–Crippen LogP) is 7.44. The molecule has 24 heteroatoms. The molecule has 19 nitrogen and oxygen atoms in total. The zero-order valence-electron chi connectivity index (χ0n) is 40.1. The van der Waals surface area contributed by atoms with Crippen LogP contribution in [0.5, 0.6) is 0 Å². The van der Waals surface area contributed by atoms with Crippen LogP contribution in [0, 0.1) is 6.92 Å². The third kappa shape index (κ3) is 13.3. The van der Waals surface area contributed by atoms with Gasteiger partial charge in [0.05, 0.1) is 27.0 Å². The topological polar surface area (TPSA) is 313 Å². The summed E-state index contributed by atoms with van der Waals surface area (Å²) in [5.74, 6) is -1.58. The molecule has 392 valence electrons. The first kappa shape index (κ1) is 57.8. The molecule has 4 aromatic carbocycles. The highest BCUT2D eigenvalue weighted by Crippen LogP contribution is 2.52. The minimum atomic E-state index is -5.05. The van der Waals surface area contributed by atoms with E-state index in [-0.39, 0.29) is 58.9 Å². The van der Waals surface area contributed by atoms with Crippen LogP contribution in [0.2, 0.25) is 0 Å². The van der Waals surface area contributed by atoms with Crippen molar-refractivity contribution in [2.24, 2.45) is 0 Å². The van der Waals surface area contributed by atoms with Crippen LogP contribution in [0.25, 0.3) is 21.5 Å². The Labute approximate surface area is 420 Å². The first-order valence-corrected chi connectivity index (χ1v) is 29.6. The highest BCUT2D eigenvalue weighted by atomic mass is 32.2. The van der Waals surface area contributed by atoms with Crippen LogP contribution < -0.4 is 9.62 Å². The summed E-state index contributed by atoms with van der Waals surface area (Å²) in [5.41, 5.74) is 0.855. The Hall–Kier alpha value is -5.12. The molecule has 1 atom stereocenters. The molecule has 6 N–H and O–H groups in total. The summed E-state index contributed by atoms with van der Waals surface area (Å²) in [5, 5.41) is 9.58. The standard InChI is InChI=1S/C48H58N2O17S5/c1-32-19-20-37-38(28-35(71(61,62)63)31-42(37)72(64,65)66)45(32)48(5,23-15-27-68(53,54)55)33(2)16-11-8-7-9-12-17-43-47(3,4)46-39-29-34(70(58,59)60)30-41(69(56,57)49-24-26-67-6)36(39)21-22-40(46)50(43)25-14-10-13-18-44(51)52/h7-9,11-12,16-17,19-22,28-31,49H,2,10,13-15,18,23-27H2,1,3-6H3,(H,51,52)(H,53,54,55)(H,58,59,60)(H,61,62,63)(H,64,65,66)/b8-7+,12-9+,16-11+,43-17+. The average molecular weight is 1100 g/mol. The van der Waals surface area contributed by atoms with E-state index in [4.69, 9.17) is 4.74 Å². The molecule has 5 rings (SSSR count). The molecule has 1 aliphatic rings. The van der Waals surface area contributed by atoms with Crippen molar-refractivity contribution >= 4 is 83.7 Å². The molecule has 72 heavy (non-hydrogen) atoms. The molecule has 1 aliphatic heterocycles. The van der Waals surface area contributed by atoms with Crippen LogP contribution in [0.3, 0.4) is 0 Å². The molecule has 4 aromatic rings. The van der Waals surface area contributed by atoms with Gasteiger partial charge in [0, 0.05) is 59.6 Å². The average Bonchev–Trinajstić information content (AvgIpc) is 3.47. The number of carboxylic acids is 1. The number of aliphatic carboxylic acids is 1. The summed E-state index contributed by atoms with van der Waals surface area (Å²) in [6.45, 7) is 11.6. The van der Waals surface area contributed by atoms with E-state index in [2.05, 4.69) is 11.3 Å². The molecule has 0 radical (unpaired) electrons. The quantitative estimate of drug-likeness (QED) is 0.0225. The van der Waals surface area contributed by atoms with Gasteiger partial charge in [0.2, 0.25) is 10.0 Å². The van der Waals surface area contributed by atoms with Crippen molar-refractivity contribution in [3.63, 3.8) is 0 Å². The van der Waals surface area contributed by atoms with Crippen molar-refractivity contribution < 1.29 is 74.9 Å². The van der Waals surface area contributed by atoms with Gasteiger partial charge in [-0.3, -0.25) is 23.0 Å². The van der Waals surface area contributed by atoms with Crippen molar-refractivity contribution in [1.29, 1.82) is 0 Å². The molecule has 0 saturated carbocycles. The second-order valence-electron chi connectivity index (χ2n) is 18.0. The lowest BCUT2D eigenvalue weighted by atomic mass is 9.70. The fourth-order valence-corrected chi connectivity index (χ4v) is 12.9. The number of sulfonamides is 1. The number of hydrogen-bond donors (Lipinski definition) is 6. The highest BCUT2D eigenvalue weighted by molar-refractivity contribution is 7.90. The van der Waals surface area contributed by atoms with E-state index in [1.165, 1.54) is 25.3 Å². The maximum absolute atomic E-state index is 13.6. The Bertz CT molecular complexity index is 3510. The monoisotopic (exact) mass is 1090 g/mol. The highest BCUT2D eigenvalue weighted by Gasteiger charge is 2.42. The summed E-state index contributed by atoms with van der Waals surface area (Å²) in [6, 6.07) is 10.00. The van der Waals surface area contributed by atoms with E-state index in [0.717, 1.165) is 17.8 Å². The number of aryl methyl sites for hydroxylation is 1. The second-order valence-corrected chi connectivity index (χ2v) is 25.5. The first-order chi connectivity index (χ1) is 33.3. The van der Waals surface area contributed by atoms with E-state index < -0.39 is 87.7 Å². The van der Waals surface area contributed by atoms with E-state index in [1.54, 1.807) is 62.4 Å². The Morgan fingerprint density at radius 2 is 1.33 bits per heavy atom. The number of carbonyl (C=O) groups is 1. The largest absolute Gasteiger partial charge is 0.481 e. The van der Waals surface area contributed by atoms with Gasteiger partial charge < -0.3 is 14.7 Å². The maximum Gasteiger partial charge on any atom is 0.303 e. The normalized spacial score (nSPS) is 16.2. The van der Waals surface area contributed by atoms with Crippen molar-refractivity contribution in [3.8, 4) is 0 Å². The SMILES string of the molecule is C=C(/C=C/C=C/C=C/C=C1/N(CCCCCC(=O)O)c2ccc3c(S(=O)(=O)NCCOC)cc(S(=O)(=O)O)cc3c2C1(C)C)C(C)(CCCS(=O)(=O)O)c1c(C)ccc2c(S(=O)(=O)O)cc(S(=O)(=O)O)cc12. The molecular formula is C48H58N2O17S5. The van der Waals surface area contributed by atoms with Gasteiger partial charge in [-0.15, -0.1) is 0 Å². The van der Waals surface area contributed by atoms with E-state index in [9.17, 15) is 70.2 Å². The van der Waals surface area contributed by atoms with E-state index in [0.29, 0.717) is 59.8 Å². The van der Waals surface area contributed by atoms with Gasteiger partial charge in [0.25, 0.3) is 40.5 Å². The number of nitrogens with one attached hydrogen (secondary N) is 1. The van der Waals surface area contributed by atoms with Crippen molar-refractivity contribution in [2.45, 2.75) is 96.6 Å². The molecule has 0 aliphatic carbocycles. The third-order valence-corrected chi connectivity index (χ3v) is 17.4. The van der Waals surface area contributed by atoms with Gasteiger partial charge in [0.15, 0.2) is 0 Å². The summed E-state index contributed by atoms with van der Waals surface area (Å²) in [7, 11) is -22.4. The van der Waals surface area contributed by atoms with E-state index in [1.807, 2.05) is 24.8 Å². The zero-order valence-corrected chi connectivity index (χ0v) is 44.1. The number of hydrogen-bond acceptors (Lipinski definition) is 13. The number of anilines is 1. The van der Waals surface area contributed by atoms with Gasteiger partial charge in [-0.25, -0.2) is 13.1 Å². The summed E-state index contributed by atoms with van der Waals surface area (Å²) >= 11 is 0. The van der Waals surface area contributed by atoms with Crippen LogP contribution in [0.4, 0.5) is 5.69 Å². The van der Waals surface area contributed by atoms with Crippen LogP contribution in [0.1, 0.15) is 76.0 Å². The number of benzene rings is 4. The minimum absolute atomic E-state index is 0.00626. The Morgan fingerprint density at radius 3 is 1.93 bits per heavy atom. The zero-order chi connectivity index (χ0) is 53.8. The molecule has 0 bridgehead atoms. The molecule has 1 heterocycles. The van der Waals surface area contributed by atoms with Gasteiger partial charge in [-0.2, -0.15) is 33.7 Å². The number of carboxylic acid groups (broad SMARTS) is 1. The number of allylic oxidation sites excluding steroid dienone is 9. The molecule has 1 unspecified atom stereocenters.